The van der Waals surface area contributed by atoms with Gasteiger partial charge >= 0.3 is 0 Å². The van der Waals surface area contributed by atoms with E-state index in [1.807, 2.05) is 6.07 Å². The van der Waals surface area contributed by atoms with Crippen LogP contribution in [0, 0.1) is 0 Å². The van der Waals surface area contributed by atoms with E-state index in [1.165, 1.54) is 5.69 Å². The first kappa shape index (κ1) is 29.4. The van der Waals surface area contributed by atoms with E-state index < -0.39 is 0 Å². The van der Waals surface area contributed by atoms with E-state index in [4.69, 9.17) is 4.74 Å². The normalized spacial score (nSPS) is 15.0. The maximum Gasteiger partial charge on any atom is 0.243 e. The first-order chi connectivity index (χ1) is 15.5. The molecule has 2 rings (SSSR count). The molecule has 1 saturated heterocycles. The fraction of sp³-hybridized carbons (Fsp3) is 0.667. The van der Waals surface area contributed by atoms with Gasteiger partial charge in [-0.2, -0.15) is 0 Å². The second kappa shape index (κ2) is 16.9. The number of aliphatic imine (C=N–C) groups is 1. The molecular formula is C24H43IN6O2. The minimum atomic E-state index is 0. The number of piperidine rings is 1. The van der Waals surface area contributed by atoms with E-state index in [0.29, 0.717) is 6.04 Å². The molecule has 0 radical (unpaired) electrons. The zero-order valence-corrected chi connectivity index (χ0v) is 23.1. The molecule has 1 heterocycles. The summed E-state index contributed by atoms with van der Waals surface area (Å²) in [4.78, 5) is 22.9. The number of carbonyl (C=O) groups excluding carboxylic acids is 1. The van der Waals surface area contributed by atoms with Gasteiger partial charge in [-0.3, -0.25) is 4.79 Å². The maximum atomic E-state index is 12.0. The fourth-order valence-corrected chi connectivity index (χ4v) is 3.70. The summed E-state index contributed by atoms with van der Waals surface area (Å²) >= 11 is 0. The Balaban J connectivity index is 0.00000544. The Morgan fingerprint density at radius 2 is 1.85 bits per heavy atom. The number of para-hydroxylation sites is 1. The second-order valence-electron chi connectivity index (χ2n) is 8.60. The number of carbonyl (C=O) groups is 1. The van der Waals surface area contributed by atoms with Crippen LogP contribution >= 0.6 is 24.0 Å². The summed E-state index contributed by atoms with van der Waals surface area (Å²) in [5.74, 6) is 0.739. The molecule has 0 aromatic heterocycles. The number of amides is 1. The number of halogens is 1. The molecule has 0 spiro atoms. The lowest BCUT2D eigenvalue weighted by molar-refractivity contribution is -0.127. The molecule has 1 aromatic carbocycles. The highest BCUT2D eigenvalue weighted by atomic mass is 127. The standard InChI is InChI=1S/C24H42N6O2.HI/c1-28(2)23(31)20-26-24(25-14-8-15-29(3)22-10-6-5-7-11-22)27-21-12-17-30(18-13-21)16-9-19-32-4;/h5-7,10-11,21H,8-9,12-20H2,1-4H3,(H2,25,26,27);1H. The van der Waals surface area contributed by atoms with E-state index in [-0.39, 0.29) is 36.4 Å². The lowest BCUT2D eigenvalue weighted by Gasteiger charge is -2.33. The number of anilines is 1. The smallest absolute Gasteiger partial charge is 0.243 e. The van der Waals surface area contributed by atoms with Crippen molar-refractivity contribution in [2.24, 2.45) is 4.99 Å². The zero-order valence-electron chi connectivity index (χ0n) is 20.8. The predicted octanol–water partition coefficient (Wildman–Crippen LogP) is 2.26. The summed E-state index contributed by atoms with van der Waals surface area (Å²) < 4.78 is 5.16. The molecule has 1 aliphatic rings. The number of benzene rings is 1. The molecule has 1 fully saturated rings. The molecule has 9 heteroatoms. The lowest BCUT2D eigenvalue weighted by Crippen LogP contribution is -2.49. The van der Waals surface area contributed by atoms with Gasteiger partial charge in [-0.15, -0.1) is 24.0 Å². The average Bonchev–Trinajstić information content (AvgIpc) is 2.81. The lowest BCUT2D eigenvalue weighted by atomic mass is 10.1. The van der Waals surface area contributed by atoms with E-state index >= 15 is 0 Å². The van der Waals surface area contributed by atoms with Crippen LogP contribution in [0.25, 0.3) is 0 Å². The van der Waals surface area contributed by atoms with Gasteiger partial charge in [0.05, 0.1) is 0 Å². The van der Waals surface area contributed by atoms with Crippen molar-refractivity contribution in [2.45, 2.75) is 31.7 Å². The number of likely N-dealkylation sites (N-methyl/N-ethyl adjacent to an activating group) is 1. The Kier molecular flexibility index (Phi) is 15.1. The van der Waals surface area contributed by atoms with Crippen LogP contribution in [0.2, 0.25) is 0 Å². The molecular weight excluding hydrogens is 531 g/mol. The van der Waals surface area contributed by atoms with Crippen LogP contribution in [0.1, 0.15) is 25.7 Å². The van der Waals surface area contributed by atoms with Gasteiger partial charge < -0.3 is 30.1 Å². The highest BCUT2D eigenvalue weighted by Crippen LogP contribution is 2.12. The van der Waals surface area contributed by atoms with Gasteiger partial charge in [-0.05, 0) is 37.8 Å². The van der Waals surface area contributed by atoms with Crippen molar-refractivity contribution in [2.75, 3.05) is 79.0 Å². The van der Waals surface area contributed by atoms with E-state index in [9.17, 15) is 4.79 Å². The molecule has 1 aliphatic heterocycles. The molecule has 0 bridgehead atoms. The van der Waals surface area contributed by atoms with Crippen LogP contribution in [0.4, 0.5) is 5.69 Å². The van der Waals surface area contributed by atoms with Crippen LogP contribution in [-0.2, 0) is 9.53 Å². The van der Waals surface area contributed by atoms with E-state index in [0.717, 1.165) is 71.0 Å². The summed E-state index contributed by atoms with van der Waals surface area (Å²) in [7, 11) is 7.39. The monoisotopic (exact) mass is 574 g/mol. The number of guanidine groups is 1. The van der Waals surface area contributed by atoms with Gasteiger partial charge in [0.25, 0.3) is 0 Å². The van der Waals surface area contributed by atoms with Crippen LogP contribution in [0.15, 0.2) is 35.3 Å². The Morgan fingerprint density at radius 1 is 1.15 bits per heavy atom. The number of hydrogen-bond acceptors (Lipinski definition) is 5. The number of hydrogen-bond donors (Lipinski definition) is 2. The van der Waals surface area contributed by atoms with Gasteiger partial charge in [0.15, 0.2) is 5.96 Å². The Labute approximate surface area is 217 Å². The third-order valence-corrected chi connectivity index (χ3v) is 5.78. The van der Waals surface area contributed by atoms with Crippen LogP contribution < -0.4 is 15.5 Å². The van der Waals surface area contributed by atoms with Crippen molar-refractivity contribution < 1.29 is 9.53 Å². The molecule has 2 N–H and O–H groups in total. The molecule has 0 aliphatic carbocycles. The number of rotatable bonds is 12. The molecule has 188 valence electrons. The highest BCUT2D eigenvalue weighted by molar-refractivity contribution is 14.0. The molecule has 0 atom stereocenters. The summed E-state index contributed by atoms with van der Waals surface area (Å²) in [5, 5.41) is 6.99. The summed E-state index contributed by atoms with van der Waals surface area (Å²) in [5.41, 5.74) is 1.22. The van der Waals surface area contributed by atoms with E-state index in [1.54, 1.807) is 26.1 Å². The first-order valence-electron chi connectivity index (χ1n) is 11.7. The molecule has 1 amide bonds. The molecule has 33 heavy (non-hydrogen) atoms. The Morgan fingerprint density at radius 3 is 2.48 bits per heavy atom. The molecule has 8 nitrogen and oxygen atoms in total. The summed E-state index contributed by atoms with van der Waals surface area (Å²) in [6.07, 6.45) is 4.21. The summed E-state index contributed by atoms with van der Waals surface area (Å²) in [6, 6.07) is 10.8. The van der Waals surface area contributed by atoms with Gasteiger partial charge in [-0.25, -0.2) is 4.99 Å². The maximum absolute atomic E-state index is 12.0. The Bertz CT molecular complexity index is 681. The summed E-state index contributed by atoms with van der Waals surface area (Å²) in [6.45, 7) is 5.96. The SMILES string of the molecule is COCCCN1CCC(NC(=NCC(=O)N(C)C)NCCCN(C)c2ccccc2)CC1.I. The highest BCUT2D eigenvalue weighted by Gasteiger charge is 2.20. The predicted molar refractivity (Wildman–Crippen MR) is 148 cm³/mol. The number of nitrogens with one attached hydrogen (secondary N) is 2. The third-order valence-electron chi connectivity index (χ3n) is 5.78. The average molecular weight is 575 g/mol. The minimum Gasteiger partial charge on any atom is -0.385 e. The zero-order chi connectivity index (χ0) is 23.2. The van der Waals surface area contributed by atoms with Crippen molar-refractivity contribution in [1.82, 2.24) is 20.4 Å². The number of nitrogens with zero attached hydrogens (tertiary/aromatic N) is 4. The van der Waals surface area contributed by atoms with E-state index in [2.05, 4.69) is 56.7 Å². The van der Waals surface area contributed by atoms with Gasteiger partial charge in [0.2, 0.25) is 5.91 Å². The van der Waals surface area contributed by atoms with Crippen molar-refractivity contribution >= 4 is 41.5 Å². The van der Waals surface area contributed by atoms with Crippen molar-refractivity contribution in [1.29, 1.82) is 0 Å². The second-order valence-corrected chi connectivity index (χ2v) is 8.60. The number of ether oxygens (including phenoxy) is 1. The van der Waals surface area contributed by atoms with Crippen LogP contribution in [-0.4, -0.2) is 102 Å². The largest absolute Gasteiger partial charge is 0.385 e. The quantitative estimate of drug-likeness (QED) is 0.173. The van der Waals surface area contributed by atoms with Gasteiger partial charge in [0, 0.05) is 79.3 Å². The third kappa shape index (κ3) is 11.9. The van der Waals surface area contributed by atoms with Crippen molar-refractivity contribution in [3.8, 4) is 0 Å². The molecule has 1 aromatic rings. The fourth-order valence-electron chi connectivity index (χ4n) is 3.70. The van der Waals surface area contributed by atoms with Crippen molar-refractivity contribution in [3.05, 3.63) is 30.3 Å². The Hall–Kier alpha value is -1.59. The van der Waals surface area contributed by atoms with Crippen molar-refractivity contribution in [3.63, 3.8) is 0 Å². The number of likely N-dealkylation sites (tertiary alicyclic amines) is 1. The van der Waals surface area contributed by atoms with Gasteiger partial charge in [0.1, 0.15) is 6.54 Å². The molecule has 0 saturated carbocycles. The molecule has 0 unspecified atom stereocenters. The number of methoxy groups -OCH3 is 1. The topological polar surface area (TPSA) is 72.4 Å². The van der Waals surface area contributed by atoms with Crippen LogP contribution in [0.5, 0.6) is 0 Å². The van der Waals surface area contributed by atoms with Gasteiger partial charge in [-0.1, -0.05) is 18.2 Å². The first-order valence-corrected chi connectivity index (χ1v) is 11.7. The minimum absolute atomic E-state index is 0. The van der Waals surface area contributed by atoms with Crippen LogP contribution in [0.3, 0.4) is 0 Å².